The fraction of sp³-hybridized carbons (Fsp3) is 0.381. The van der Waals surface area contributed by atoms with E-state index in [9.17, 15) is 13.2 Å². The normalized spacial score (nSPS) is 15.2. The number of benzene rings is 2. The van der Waals surface area contributed by atoms with Crippen LogP contribution in [0.1, 0.15) is 11.1 Å². The predicted octanol–water partition coefficient (Wildman–Crippen LogP) is 2.22. The van der Waals surface area contributed by atoms with Gasteiger partial charge in [0.25, 0.3) is 5.91 Å². The van der Waals surface area contributed by atoms with Gasteiger partial charge in [-0.3, -0.25) is 4.79 Å². The predicted molar refractivity (Wildman–Crippen MR) is 110 cm³/mol. The number of nitrogens with zero attached hydrogens (tertiary/aromatic N) is 2. The SMILES string of the molecule is COc1ccc(S(=O)(=O)N2CCN(C(=O)COc3ccc(C)cc3C)CC2)cc1. The topological polar surface area (TPSA) is 76.2 Å². The summed E-state index contributed by atoms with van der Waals surface area (Å²) in [4.78, 5) is 14.3. The highest BCUT2D eigenvalue weighted by atomic mass is 32.2. The lowest BCUT2D eigenvalue weighted by molar-refractivity contribution is -0.134. The number of sulfonamides is 1. The smallest absolute Gasteiger partial charge is 0.260 e. The number of carbonyl (C=O) groups excluding carboxylic acids is 1. The van der Waals surface area contributed by atoms with Gasteiger partial charge in [0.1, 0.15) is 11.5 Å². The van der Waals surface area contributed by atoms with Crippen molar-refractivity contribution in [1.82, 2.24) is 9.21 Å². The molecule has 8 heteroatoms. The van der Waals surface area contributed by atoms with Crippen LogP contribution in [-0.4, -0.2) is 63.4 Å². The molecular weight excluding hydrogens is 392 g/mol. The molecule has 1 amide bonds. The molecule has 0 unspecified atom stereocenters. The Morgan fingerprint density at radius 1 is 1.00 bits per heavy atom. The molecule has 0 atom stereocenters. The van der Waals surface area contributed by atoms with E-state index >= 15 is 0 Å². The summed E-state index contributed by atoms with van der Waals surface area (Å²) in [6.45, 7) is 5.06. The molecule has 29 heavy (non-hydrogen) atoms. The zero-order valence-electron chi connectivity index (χ0n) is 16.9. The van der Waals surface area contributed by atoms with Crippen LogP contribution in [0.5, 0.6) is 11.5 Å². The van der Waals surface area contributed by atoms with Gasteiger partial charge in [-0.25, -0.2) is 8.42 Å². The first kappa shape index (κ1) is 21.1. The number of methoxy groups -OCH3 is 1. The Labute approximate surface area is 171 Å². The van der Waals surface area contributed by atoms with Crippen molar-refractivity contribution in [1.29, 1.82) is 0 Å². The van der Waals surface area contributed by atoms with Crippen molar-refractivity contribution in [2.24, 2.45) is 0 Å². The monoisotopic (exact) mass is 418 g/mol. The van der Waals surface area contributed by atoms with Crippen molar-refractivity contribution in [2.75, 3.05) is 39.9 Å². The summed E-state index contributed by atoms with van der Waals surface area (Å²) >= 11 is 0. The van der Waals surface area contributed by atoms with Gasteiger partial charge in [-0.15, -0.1) is 0 Å². The second-order valence-corrected chi connectivity index (χ2v) is 8.96. The number of piperazine rings is 1. The van der Waals surface area contributed by atoms with Gasteiger partial charge in [0.15, 0.2) is 6.61 Å². The Morgan fingerprint density at radius 3 is 2.24 bits per heavy atom. The summed E-state index contributed by atoms with van der Waals surface area (Å²) in [6, 6.07) is 12.1. The second kappa shape index (κ2) is 8.84. The molecule has 3 rings (SSSR count). The highest BCUT2D eigenvalue weighted by molar-refractivity contribution is 7.89. The van der Waals surface area contributed by atoms with E-state index in [4.69, 9.17) is 9.47 Å². The van der Waals surface area contributed by atoms with Crippen LogP contribution < -0.4 is 9.47 Å². The lowest BCUT2D eigenvalue weighted by atomic mass is 10.1. The average molecular weight is 419 g/mol. The summed E-state index contributed by atoms with van der Waals surface area (Å²) in [5, 5.41) is 0. The van der Waals surface area contributed by atoms with Gasteiger partial charge in [-0.1, -0.05) is 17.7 Å². The number of carbonyl (C=O) groups is 1. The molecule has 1 saturated heterocycles. The molecule has 7 nitrogen and oxygen atoms in total. The minimum absolute atomic E-state index is 0.0604. The number of ether oxygens (including phenoxy) is 2. The van der Waals surface area contributed by atoms with E-state index < -0.39 is 10.0 Å². The van der Waals surface area contributed by atoms with Gasteiger partial charge in [0.2, 0.25) is 10.0 Å². The van der Waals surface area contributed by atoms with Crippen molar-refractivity contribution in [2.45, 2.75) is 18.7 Å². The highest BCUT2D eigenvalue weighted by Crippen LogP contribution is 2.21. The van der Waals surface area contributed by atoms with E-state index in [1.165, 1.54) is 23.5 Å². The van der Waals surface area contributed by atoms with Crippen LogP contribution in [-0.2, 0) is 14.8 Å². The Kier molecular flexibility index (Phi) is 6.44. The summed E-state index contributed by atoms with van der Waals surface area (Å²) in [7, 11) is -2.06. The van der Waals surface area contributed by atoms with Gasteiger partial charge in [0, 0.05) is 26.2 Å². The number of hydrogen-bond donors (Lipinski definition) is 0. The third-order valence-corrected chi connectivity index (χ3v) is 6.88. The number of hydrogen-bond acceptors (Lipinski definition) is 5. The maximum absolute atomic E-state index is 12.8. The first-order valence-corrected chi connectivity index (χ1v) is 10.9. The summed E-state index contributed by atoms with van der Waals surface area (Å²) in [5.41, 5.74) is 2.11. The van der Waals surface area contributed by atoms with Crippen molar-refractivity contribution in [3.8, 4) is 11.5 Å². The van der Waals surface area contributed by atoms with Crippen molar-refractivity contribution in [3.63, 3.8) is 0 Å². The van der Waals surface area contributed by atoms with E-state index in [2.05, 4.69) is 0 Å². The van der Waals surface area contributed by atoms with Crippen molar-refractivity contribution >= 4 is 15.9 Å². The summed E-state index contributed by atoms with van der Waals surface area (Å²) < 4.78 is 37.7. The number of amides is 1. The van der Waals surface area contributed by atoms with Crippen LogP contribution in [0.4, 0.5) is 0 Å². The molecule has 0 N–H and O–H groups in total. The van der Waals surface area contributed by atoms with Crippen LogP contribution >= 0.6 is 0 Å². The lowest BCUT2D eigenvalue weighted by Crippen LogP contribution is -2.51. The Morgan fingerprint density at radius 2 is 1.66 bits per heavy atom. The van der Waals surface area contributed by atoms with Gasteiger partial charge < -0.3 is 14.4 Å². The number of aryl methyl sites for hydroxylation is 2. The third kappa shape index (κ3) is 4.89. The fourth-order valence-electron chi connectivity index (χ4n) is 3.27. The average Bonchev–Trinajstić information content (AvgIpc) is 2.73. The number of rotatable bonds is 6. The van der Waals surface area contributed by atoms with Crippen molar-refractivity contribution in [3.05, 3.63) is 53.6 Å². The fourth-order valence-corrected chi connectivity index (χ4v) is 4.69. The standard InChI is InChI=1S/C21H26N2O5S/c1-16-4-9-20(17(2)14-16)28-15-21(24)22-10-12-23(13-11-22)29(25,26)19-7-5-18(27-3)6-8-19/h4-9,14H,10-13,15H2,1-3H3. The molecule has 0 spiro atoms. The maximum Gasteiger partial charge on any atom is 0.260 e. The molecule has 0 aliphatic carbocycles. The maximum atomic E-state index is 12.8. The minimum atomic E-state index is -3.59. The molecule has 1 fully saturated rings. The largest absolute Gasteiger partial charge is 0.497 e. The molecule has 1 aliphatic rings. The van der Waals surface area contributed by atoms with Crippen LogP contribution in [0, 0.1) is 13.8 Å². The van der Waals surface area contributed by atoms with E-state index in [-0.39, 0.29) is 30.5 Å². The Hall–Kier alpha value is -2.58. The van der Waals surface area contributed by atoms with Crippen molar-refractivity contribution < 1.29 is 22.7 Å². The molecule has 2 aromatic carbocycles. The van der Waals surface area contributed by atoms with E-state index in [0.29, 0.717) is 24.6 Å². The van der Waals surface area contributed by atoms with E-state index in [0.717, 1.165) is 11.1 Å². The van der Waals surface area contributed by atoms with Gasteiger partial charge >= 0.3 is 0 Å². The highest BCUT2D eigenvalue weighted by Gasteiger charge is 2.30. The first-order chi connectivity index (χ1) is 13.8. The third-order valence-electron chi connectivity index (χ3n) is 4.97. The van der Waals surface area contributed by atoms with Crippen LogP contribution in [0.2, 0.25) is 0 Å². The second-order valence-electron chi connectivity index (χ2n) is 7.02. The molecule has 0 bridgehead atoms. The molecule has 1 heterocycles. The lowest BCUT2D eigenvalue weighted by Gasteiger charge is -2.34. The van der Waals surface area contributed by atoms with Gasteiger partial charge in [0.05, 0.1) is 12.0 Å². The van der Waals surface area contributed by atoms with Crippen LogP contribution in [0.15, 0.2) is 47.4 Å². The zero-order chi connectivity index (χ0) is 21.0. The summed E-state index contributed by atoms with van der Waals surface area (Å²) in [6.07, 6.45) is 0. The Bertz CT molecular complexity index is 965. The summed E-state index contributed by atoms with van der Waals surface area (Å²) in [5.74, 6) is 1.14. The van der Waals surface area contributed by atoms with E-state index in [1.54, 1.807) is 17.0 Å². The van der Waals surface area contributed by atoms with Gasteiger partial charge in [-0.05, 0) is 49.7 Å². The molecule has 0 saturated carbocycles. The Balaban J connectivity index is 1.55. The molecular formula is C21H26N2O5S. The van der Waals surface area contributed by atoms with E-state index in [1.807, 2.05) is 32.0 Å². The quantitative estimate of drug-likeness (QED) is 0.719. The van der Waals surface area contributed by atoms with Crippen LogP contribution in [0.25, 0.3) is 0 Å². The first-order valence-electron chi connectivity index (χ1n) is 9.43. The molecule has 156 valence electrons. The molecule has 0 aromatic heterocycles. The van der Waals surface area contributed by atoms with Gasteiger partial charge in [-0.2, -0.15) is 4.31 Å². The minimum Gasteiger partial charge on any atom is -0.497 e. The van der Waals surface area contributed by atoms with Crippen LogP contribution in [0.3, 0.4) is 0 Å². The zero-order valence-corrected chi connectivity index (χ0v) is 17.7. The molecule has 1 aliphatic heterocycles. The molecule has 2 aromatic rings. The molecule has 0 radical (unpaired) electrons.